The fraction of sp³-hybridized carbons (Fsp3) is 0.500. The van der Waals surface area contributed by atoms with Crippen molar-refractivity contribution in [2.45, 2.75) is 26.4 Å². The summed E-state index contributed by atoms with van der Waals surface area (Å²) in [5.41, 5.74) is 6.06. The molecule has 1 fully saturated rings. The third kappa shape index (κ3) is 3.78. The summed E-state index contributed by atoms with van der Waals surface area (Å²) < 4.78 is 38.9. The molecular weight excluding hydrogens is 347 g/mol. The Morgan fingerprint density at radius 1 is 1.08 bits per heavy atom. The van der Waals surface area contributed by atoms with Gasteiger partial charge in [-0.1, -0.05) is 6.92 Å². The van der Waals surface area contributed by atoms with E-state index in [4.69, 9.17) is 5.73 Å². The Morgan fingerprint density at radius 3 is 2.35 bits per heavy atom. The molecular formula is C16H20F3N7. The zero-order valence-corrected chi connectivity index (χ0v) is 14.6. The molecule has 3 rings (SSSR count). The molecule has 26 heavy (non-hydrogen) atoms. The first-order valence-corrected chi connectivity index (χ1v) is 8.32. The van der Waals surface area contributed by atoms with Gasteiger partial charge in [0.05, 0.1) is 0 Å². The van der Waals surface area contributed by atoms with Crippen LogP contribution < -0.4 is 15.5 Å². The van der Waals surface area contributed by atoms with Gasteiger partial charge in [-0.05, 0) is 19.4 Å². The maximum Gasteiger partial charge on any atom is 0.433 e. The molecule has 0 atom stereocenters. The number of nitrogens with two attached hydrogens (primary N) is 1. The van der Waals surface area contributed by atoms with E-state index in [1.54, 1.807) is 11.1 Å². The molecule has 1 saturated heterocycles. The number of piperazine rings is 1. The second kappa shape index (κ2) is 6.93. The number of rotatable bonds is 3. The van der Waals surface area contributed by atoms with Crippen molar-refractivity contribution in [3.05, 3.63) is 29.2 Å². The van der Waals surface area contributed by atoms with Gasteiger partial charge in [-0.2, -0.15) is 18.2 Å². The van der Waals surface area contributed by atoms with Gasteiger partial charge in [-0.25, -0.2) is 15.0 Å². The number of nitrogen functional groups attached to an aromatic ring is 1. The summed E-state index contributed by atoms with van der Waals surface area (Å²) >= 11 is 0. The lowest BCUT2D eigenvalue weighted by Gasteiger charge is -2.36. The Hall–Kier alpha value is -2.65. The fourth-order valence-corrected chi connectivity index (χ4v) is 2.89. The van der Waals surface area contributed by atoms with Crippen molar-refractivity contribution < 1.29 is 13.2 Å². The molecule has 0 spiro atoms. The highest BCUT2D eigenvalue weighted by Gasteiger charge is 2.34. The zero-order valence-electron chi connectivity index (χ0n) is 14.6. The van der Waals surface area contributed by atoms with Crippen LogP contribution in [-0.4, -0.2) is 46.1 Å². The van der Waals surface area contributed by atoms with Crippen LogP contribution in [0, 0.1) is 6.92 Å². The number of aryl methyl sites for hydroxylation is 2. The van der Waals surface area contributed by atoms with Crippen LogP contribution in [0.5, 0.6) is 0 Å². The highest BCUT2D eigenvalue weighted by Crippen LogP contribution is 2.29. The normalized spacial score (nSPS) is 15.4. The molecule has 0 unspecified atom stereocenters. The van der Waals surface area contributed by atoms with E-state index in [-0.39, 0.29) is 11.9 Å². The van der Waals surface area contributed by atoms with E-state index in [1.807, 2.05) is 6.92 Å². The number of halogens is 3. The van der Waals surface area contributed by atoms with E-state index < -0.39 is 11.9 Å². The number of nitrogens with zero attached hydrogens (tertiary/aromatic N) is 6. The van der Waals surface area contributed by atoms with Crippen LogP contribution in [0.1, 0.15) is 23.9 Å². The largest absolute Gasteiger partial charge is 0.433 e. The minimum Gasteiger partial charge on any atom is -0.368 e. The van der Waals surface area contributed by atoms with Gasteiger partial charge in [0.2, 0.25) is 11.9 Å². The molecule has 0 radical (unpaired) electrons. The lowest BCUT2D eigenvalue weighted by Crippen LogP contribution is -2.48. The molecule has 0 bridgehead atoms. The molecule has 140 valence electrons. The van der Waals surface area contributed by atoms with Crippen molar-refractivity contribution >= 4 is 17.7 Å². The number of hydrogen-bond acceptors (Lipinski definition) is 7. The minimum atomic E-state index is -4.49. The number of anilines is 3. The molecule has 10 heteroatoms. The van der Waals surface area contributed by atoms with E-state index in [2.05, 4.69) is 24.8 Å². The predicted molar refractivity (Wildman–Crippen MR) is 92.0 cm³/mol. The van der Waals surface area contributed by atoms with E-state index in [9.17, 15) is 13.2 Å². The predicted octanol–water partition coefficient (Wildman–Crippen LogP) is 2.07. The summed E-state index contributed by atoms with van der Waals surface area (Å²) in [6, 6.07) is 0.955. The van der Waals surface area contributed by atoms with Crippen molar-refractivity contribution in [1.29, 1.82) is 0 Å². The summed E-state index contributed by atoms with van der Waals surface area (Å²) in [6.07, 6.45) is -2.01. The lowest BCUT2D eigenvalue weighted by atomic mass is 10.2. The number of alkyl halides is 3. The van der Waals surface area contributed by atoms with Gasteiger partial charge >= 0.3 is 6.18 Å². The molecule has 1 aliphatic heterocycles. The summed E-state index contributed by atoms with van der Waals surface area (Å²) in [7, 11) is 0. The summed E-state index contributed by atoms with van der Waals surface area (Å²) in [5.74, 6) is 1.09. The molecule has 2 N–H and O–H groups in total. The molecule has 0 amide bonds. The van der Waals surface area contributed by atoms with Gasteiger partial charge < -0.3 is 15.5 Å². The molecule has 1 aliphatic rings. The van der Waals surface area contributed by atoms with E-state index >= 15 is 0 Å². The van der Waals surface area contributed by atoms with Crippen LogP contribution >= 0.6 is 0 Å². The van der Waals surface area contributed by atoms with Crippen LogP contribution in [0.2, 0.25) is 0 Å². The molecule has 2 aromatic rings. The molecule has 0 aromatic carbocycles. The highest BCUT2D eigenvalue weighted by molar-refractivity contribution is 5.50. The monoisotopic (exact) mass is 367 g/mol. The third-order valence-electron chi connectivity index (χ3n) is 4.24. The molecule has 0 aliphatic carbocycles. The van der Waals surface area contributed by atoms with Crippen LogP contribution in [0.4, 0.5) is 30.9 Å². The van der Waals surface area contributed by atoms with Gasteiger partial charge in [0.1, 0.15) is 11.5 Å². The van der Waals surface area contributed by atoms with Gasteiger partial charge in [-0.15, -0.1) is 0 Å². The Labute approximate surface area is 149 Å². The maximum atomic E-state index is 13.0. The van der Waals surface area contributed by atoms with Gasteiger partial charge in [-0.3, -0.25) is 0 Å². The lowest BCUT2D eigenvalue weighted by molar-refractivity contribution is -0.141. The zero-order chi connectivity index (χ0) is 18.9. The van der Waals surface area contributed by atoms with E-state index in [0.29, 0.717) is 31.9 Å². The topological polar surface area (TPSA) is 84.1 Å². The van der Waals surface area contributed by atoms with E-state index in [1.165, 1.54) is 6.92 Å². The second-order valence-corrected chi connectivity index (χ2v) is 6.10. The number of hydrogen-bond donors (Lipinski definition) is 1. The molecule has 7 nitrogen and oxygen atoms in total. The van der Waals surface area contributed by atoms with Crippen LogP contribution in [-0.2, 0) is 12.6 Å². The second-order valence-electron chi connectivity index (χ2n) is 6.10. The van der Waals surface area contributed by atoms with Gasteiger partial charge in [0.15, 0.2) is 0 Å². The average Bonchev–Trinajstić information content (AvgIpc) is 2.60. The Kier molecular flexibility index (Phi) is 4.84. The van der Waals surface area contributed by atoms with Gasteiger partial charge in [0, 0.05) is 43.6 Å². The summed E-state index contributed by atoms with van der Waals surface area (Å²) in [5, 5.41) is 0. The standard InChI is InChI=1S/C16H20F3N7/c1-3-11-9-21-14(20)24-13(11)25-4-6-26(7-5-25)15-22-10(2)8-12(23-15)16(17,18)19/h8-9H,3-7H2,1-2H3,(H2,20,21,24). The summed E-state index contributed by atoms with van der Waals surface area (Å²) in [4.78, 5) is 20.0. The van der Waals surface area contributed by atoms with Crippen molar-refractivity contribution in [2.75, 3.05) is 41.7 Å². The maximum absolute atomic E-state index is 13.0. The average molecular weight is 367 g/mol. The first-order valence-electron chi connectivity index (χ1n) is 8.32. The van der Waals surface area contributed by atoms with Crippen molar-refractivity contribution in [2.24, 2.45) is 0 Å². The Bertz CT molecular complexity index is 786. The van der Waals surface area contributed by atoms with Crippen LogP contribution in [0.25, 0.3) is 0 Å². The molecule has 2 aromatic heterocycles. The first-order chi connectivity index (χ1) is 12.3. The first kappa shape index (κ1) is 18.2. The van der Waals surface area contributed by atoms with Gasteiger partial charge in [0.25, 0.3) is 0 Å². The van der Waals surface area contributed by atoms with Crippen LogP contribution in [0.15, 0.2) is 12.3 Å². The minimum absolute atomic E-state index is 0.106. The van der Waals surface area contributed by atoms with Crippen molar-refractivity contribution in [3.63, 3.8) is 0 Å². The quantitative estimate of drug-likeness (QED) is 0.889. The molecule has 0 saturated carbocycles. The highest BCUT2D eigenvalue weighted by atomic mass is 19.4. The van der Waals surface area contributed by atoms with Crippen molar-refractivity contribution in [1.82, 2.24) is 19.9 Å². The fourth-order valence-electron chi connectivity index (χ4n) is 2.89. The molecule has 3 heterocycles. The summed E-state index contributed by atoms with van der Waals surface area (Å²) in [6.45, 7) is 5.70. The smallest absolute Gasteiger partial charge is 0.368 e. The van der Waals surface area contributed by atoms with E-state index in [0.717, 1.165) is 23.9 Å². The third-order valence-corrected chi connectivity index (χ3v) is 4.24. The van der Waals surface area contributed by atoms with Crippen molar-refractivity contribution in [3.8, 4) is 0 Å². The van der Waals surface area contributed by atoms with Crippen LogP contribution in [0.3, 0.4) is 0 Å². The Morgan fingerprint density at radius 2 is 1.73 bits per heavy atom. The number of aromatic nitrogens is 4. The SMILES string of the molecule is CCc1cnc(N)nc1N1CCN(c2nc(C)cc(C(F)(F)F)n2)CC1. The Balaban J connectivity index is 1.77.